The van der Waals surface area contributed by atoms with E-state index >= 15 is 0 Å². The van der Waals surface area contributed by atoms with E-state index in [4.69, 9.17) is 9.72 Å². The monoisotopic (exact) mass is 572 g/mol. The molecular weight excluding hydrogens is 536 g/mol. The van der Waals surface area contributed by atoms with Gasteiger partial charge in [0.25, 0.3) is 5.91 Å². The fourth-order valence-electron chi connectivity index (χ4n) is 5.14. The smallest absolute Gasteiger partial charge is 0.322 e. The Balaban J connectivity index is 1.30. The molecule has 1 unspecified atom stereocenters. The first-order chi connectivity index (χ1) is 19.8. The van der Waals surface area contributed by atoms with Crippen molar-refractivity contribution in [3.63, 3.8) is 0 Å². The van der Waals surface area contributed by atoms with E-state index in [-0.39, 0.29) is 23.9 Å². The number of anilines is 1. The minimum absolute atomic E-state index is 0.0456. The van der Waals surface area contributed by atoms with Crippen LogP contribution in [-0.2, 0) is 6.42 Å². The van der Waals surface area contributed by atoms with Crippen molar-refractivity contribution in [2.24, 2.45) is 0 Å². The van der Waals surface area contributed by atoms with Gasteiger partial charge in [0.1, 0.15) is 5.75 Å². The Labute approximate surface area is 244 Å². The molecule has 2 aromatic heterocycles. The number of aryl methyl sites for hydroxylation is 1. The number of piperazine rings is 1. The van der Waals surface area contributed by atoms with E-state index in [9.17, 15) is 9.59 Å². The SMILES string of the molecule is CCc1ccc(NC(=O)N2CCN(C(=O)c3cnn(-c4nc(-c5cccc(OC)c5)cs4)c3C(C)C)CC2C)cc1. The summed E-state index contributed by atoms with van der Waals surface area (Å²) in [7, 11) is 1.64. The van der Waals surface area contributed by atoms with Gasteiger partial charge < -0.3 is 19.9 Å². The van der Waals surface area contributed by atoms with Gasteiger partial charge in [0.05, 0.1) is 30.3 Å². The highest BCUT2D eigenvalue weighted by Crippen LogP contribution is 2.30. The van der Waals surface area contributed by atoms with Gasteiger partial charge in [0, 0.05) is 42.3 Å². The molecule has 1 aliphatic rings. The molecule has 0 radical (unpaired) electrons. The zero-order valence-corrected chi connectivity index (χ0v) is 24.9. The van der Waals surface area contributed by atoms with Crippen LogP contribution in [0.25, 0.3) is 16.4 Å². The molecule has 3 amide bonds. The minimum Gasteiger partial charge on any atom is -0.497 e. The van der Waals surface area contributed by atoms with Gasteiger partial charge in [-0.2, -0.15) is 5.10 Å². The number of nitrogens with one attached hydrogen (secondary N) is 1. The second-order valence-corrected chi connectivity index (χ2v) is 11.4. The number of hydrogen-bond donors (Lipinski definition) is 1. The van der Waals surface area contributed by atoms with Crippen LogP contribution in [0.2, 0.25) is 0 Å². The van der Waals surface area contributed by atoms with E-state index in [1.54, 1.807) is 22.9 Å². The van der Waals surface area contributed by atoms with Gasteiger partial charge >= 0.3 is 6.03 Å². The summed E-state index contributed by atoms with van der Waals surface area (Å²) in [5, 5.41) is 10.3. The lowest BCUT2D eigenvalue weighted by Gasteiger charge is -2.39. The molecule has 2 aromatic carbocycles. The summed E-state index contributed by atoms with van der Waals surface area (Å²) < 4.78 is 7.14. The average molecular weight is 573 g/mol. The van der Waals surface area contributed by atoms with Crippen molar-refractivity contribution in [1.29, 1.82) is 0 Å². The summed E-state index contributed by atoms with van der Waals surface area (Å²) in [6.07, 6.45) is 2.60. The Hall–Kier alpha value is -4.18. The molecule has 0 spiro atoms. The third-order valence-corrected chi connectivity index (χ3v) is 8.23. The maximum absolute atomic E-state index is 13.8. The van der Waals surface area contributed by atoms with E-state index < -0.39 is 0 Å². The molecule has 1 atom stereocenters. The van der Waals surface area contributed by atoms with Crippen LogP contribution in [0.4, 0.5) is 10.5 Å². The highest BCUT2D eigenvalue weighted by molar-refractivity contribution is 7.12. The van der Waals surface area contributed by atoms with E-state index in [0.29, 0.717) is 30.3 Å². The summed E-state index contributed by atoms with van der Waals surface area (Å²) in [5.74, 6) is 0.736. The predicted octanol–water partition coefficient (Wildman–Crippen LogP) is 6.07. The normalized spacial score (nSPS) is 15.3. The molecule has 1 fully saturated rings. The second kappa shape index (κ2) is 12.1. The maximum Gasteiger partial charge on any atom is 0.322 e. The van der Waals surface area contributed by atoms with Gasteiger partial charge in [-0.25, -0.2) is 14.5 Å². The number of aromatic nitrogens is 3. The third-order valence-electron chi connectivity index (χ3n) is 7.41. The summed E-state index contributed by atoms with van der Waals surface area (Å²) in [5.41, 5.74) is 5.16. The van der Waals surface area contributed by atoms with E-state index in [2.05, 4.69) is 31.2 Å². The van der Waals surface area contributed by atoms with Gasteiger partial charge in [-0.15, -0.1) is 11.3 Å². The molecule has 9 nitrogen and oxygen atoms in total. The molecule has 214 valence electrons. The lowest BCUT2D eigenvalue weighted by Crippen LogP contribution is -2.56. The van der Waals surface area contributed by atoms with Crippen LogP contribution in [0, 0.1) is 0 Å². The molecule has 3 heterocycles. The number of nitrogens with zero attached hydrogens (tertiary/aromatic N) is 5. The van der Waals surface area contributed by atoms with E-state index in [1.807, 2.05) is 65.7 Å². The van der Waals surface area contributed by atoms with Crippen LogP contribution in [-0.4, -0.2) is 69.3 Å². The summed E-state index contributed by atoms with van der Waals surface area (Å²) in [4.78, 5) is 35.2. The highest BCUT2D eigenvalue weighted by atomic mass is 32.1. The second-order valence-electron chi connectivity index (χ2n) is 10.5. The summed E-state index contributed by atoms with van der Waals surface area (Å²) in [6.45, 7) is 9.53. The Kier molecular flexibility index (Phi) is 8.39. The van der Waals surface area contributed by atoms with Crippen molar-refractivity contribution in [3.05, 3.63) is 76.9 Å². The van der Waals surface area contributed by atoms with E-state index in [1.165, 1.54) is 16.9 Å². The first kappa shape index (κ1) is 28.4. The zero-order chi connectivity index (χ0) is 29.1. The Morgan fingerprint density at radius 1 is 1.15 bits per heavy atom. The standard InChI is InChI=1S/C31H36N6O3S/c1-6-22-10-12-24(13-11-22)33-30(39)36-15-14-35(18-21(36)4)29(38)26-17-32-37(28(26)20(2)3)31-34-27(19-41-31)23-8-7-9-25(16-23)40-5/h7-13,16-17,19-21H,6,14-15,18H2,1-5H3,(H,33,39). The fourth-order valence-corrected chi connectivity index (χ4v) is 5.94. The van der Waals surface area contributed by atoms with Crippen molar-refractivity contribution < 1.29 is 14.3 Å². The Morgan fingerprint density at radius 2 is 1.93 bits per heavy atom. The summed E-state index contributed by atoms with van der Waals surface area (Å²) >= 11 is 1.48. The van der Waals surface area contributed by atoms with Gasteiger partial charge in [0.15, 0.2) is 0 Å². The molecular formula is C31H36N6O3S. The molecule has 1 saturated heterocycles. The Bertz CT molecular complexity index is 1530. The Morgan fingerprint density at radius 3 is 2.61 bits per heavy atom. The first-order valence-corrected chi connectivity index (χ1v) is 14.8. The molecule has 5 rings (SSSR count). The number of amides is 3. The number of benzene rings is 2. The molecule has 4 aromatic rings. The van der Waals surface area contributed by atoms with Gasteiger partial charge in [-0.05, 0) is 49.1 Å². The molecule has 0 aliphatic carbocycles. The number of methoxy groups -OCH3 is 1. The quantitative estimate of drug-likeness (QED) is 0.290. The molecule has 10 heteroatoms. The summed E-state index contributed by atoms with van der Waals surface area (Å²) in [6, 6.07) is 15.4. The van der Waals surface area contributed by atoms with Gasteiger partial charge in [-0.3, -0.25) is 4.79 Å². The topological polar surface area (TPSA) is 92.6 Å². The molecule has 1 aliphatic heterocycles. The maximum atomic E-state index is 13.8. The fraction of sp³-hybridized carbons (Fsp3) is 0.355. The van der Waals surface area contributed by atoms with Crippen LogP contribution >= 0.6 is 11.3 Å². The van der Waals surface area contributed by atoms with Crippen LogP contribution in [0.15, 0.2) is 60.1 Å². The first-order valence-electron chi connectivity index (χ1n) is 13.9. The zero-order valence-electron chi connectivity index (χ0n) is 24.1. The highest BCUT2D eigenvalue weighted by Gasteiger charge is 2.33. The number of ether oxygens (including phenoxy) is 1. The lowest BCUT2D eigenvalue weighted by atomic mass is 10.0. The van der Waals surface area contributed by atoms with Crippen molar-refractivity contribution in [1.82, 2.24) is 24.6 Å². The van der Waals surface area contributed by atoms with Crippen LogP contribution in [0.5, 0.6) is 5.75 Å². The van der Waals surface area contributed by atoms with Gasteiger partial charge in [0.2, 0.25) is 5.13 Å². The van der Waals surface area contributed by atoms with Crippen molar-refractivity contribution in [3.8, 4) is 22.1 Å². The molecule has 0 bridgehead atoms. The lowest BCUT2D eigenvalue weighted by molar-refractivity contribution is 0.0590. The number of thiazole rings is 1. The molecule has 41 heavy (non-hydrogen) atoms. The van der Waals surface area contributed by atoms with Crippen LogP contribution in [0.3, 0.4) is 0 Å². The van der Waals surface area contributed by atoms with Crippen molar-refractivity contribution in [2.45, 2.75) is 46.1 Å². The number of rotatable bonds is 7. The molecule has 0 saturated carbocycles. The van der Waals surface area contributed by atoms with Crippen LogP contribution in [0.1, 0.15) is 55.2 Å². The largest absolute Gasteiger partial charge is 0.497 e. The van der Waals surface area contributed by atoms with Crippen molar-refractivity contribution >= 4 is 29.0 Å². The van der Waals surface area contributed by atoms with Crippen LogP contribution < -0.4 is 10.1 Å². The number of urea groups is 1. The van der Waals surface area contributed by atoms with Gasteiger partial charge in [-0.1, -0.05) is 45.0 Å². The number of carbonyl (C=O) groups excluding carboxylic acids is 2. The van der Waals surface area contributed by atoms with Crippen molar-refractivity contribution in [2.75, 3.05) is 32.1 Å². The third kappa shape index (κ3) is 5.97. The average Bonchev–Trinajstić information content (AvgIpc) is 3.65. The minimum atomic E-state index is -0.153. The predicted molar refractivity (Wildman–Crippen MR) is 162 cm³/mol. The van der Waals surface area contributed by atoms with E-state index in [0.717, 1.165) is 34.8 Å². The number of hydrogen-bond acceptors (Lipinski definition) is 6. The number of carbonyl (C=O) groups is 2. The molecule has 1 N–H and O–H groups in total.